The lowest BCUT2D eigenvalue weighted by molar-refractivity contribution is -0.154. The number of amides is 1. The Balaban J connectivity index is 2.52. The molecule has 1 amide bonds. The van der Waals surface area contributed by atoms with E-state index in [1.54, 1.807) is 18.2 Å². The smallest absolute Gasteiger partial charge is 0.307 e. The minimum atomic E-state index is -0.887. The predicted octanol–water partition coefficient (Wildman–Crippen LogP) is 3.12. The Hall–Kier alpha value is -1.89. The summed E-state index contributed by atoms with van der Waals surface area (Å²) in [6.45, 7) is 5.96. The van der Waals surface area contributed by atoms with Crippen molar-refractivity contribution in [3.05, 3.63) is 28.2 Å². The van der Waals surface area contributed by atoms with E-state index in [2.05, 4.69) is 21.2 Å². The van der Waals surface area contributed by atoms with Gasteiger partial charge in [-0.05, 0) is 31.0 Å². The highest BCUT2D eigenvalue weighted by atomic mass is 79.9. The highest BCUT2D eigenvalue weighted by Crippen LogP contribution is 2.24. The molecule has 0 radical (unpaired) electrons. The first kappa shape index (κ1) is 21.2. The number of ketones is 1. The monoisotopic (exact) mass is 413 g/mol. The van der Waals surface area contributed by atoms with Gasteiger partial charge in [0.15, 0.2) is 11.9 Å². The van der Waals surface area contributed by atoms with Crippen LogP contribution in [-0.4, -0.2) is 37.4 Å². The molecule has 1 aromatic rings. The van der Waals surface area contributed by atoms with Crippen molar-refractivity contribution < 1.29 is 23.9 Å². The molecule has 1 atom stereocenters. The van der Waals surface area contributed by atoms with Crippen molar-refractivity contribution in [3.8, 4) is 5.75 Å². The lowest BCUT2D eigenvalue weighted by Crippen LogP contribution is -2.37. The highest BCUT2D eigenvalue weighted by Gasteiger charge is 2.19. The van der Waals surface area contributed by atoms with Crippen molar-refractivity contribution in [3.63, 3.8) is 0 Å². The maximum absolute atomic E-state index is 12.3. The van der Waals surface area contributed by atoms with Gasteiger partial charge in [-0.1, -0.05) is 29.8 Å². The van der Waals surface area contributed by atoms with Crippen LogP contribution < -0.4 is 10.1 Å². The van der Waals surface area contributed by atoms with Crippen LogP contribution in [0.25, 0.3) is 0 Å². The van der Waals surface area contributed by atoms with Crippen LogP contribution in [0.15, 0.2) is 22.7 Å². The third-order valence-corrected chi connectivity index (χ3v) is 3.87. The lowest BCUT2D eigenvalue weighted by atomic mass is 10.1. The quantitative estimate of drug-likeness (QED) is 0.496. The van der Waals surface area contributed by atoms with Crippen LogP contribution in [-0.2, 0) is 14.3 Å². The Labute approximate surface area is 156 Å². The fourth-order valence-electron chi connectivity index (χ4n) is 2.01. The molecule has 1 N–H and O–H groups in total. The number of methoxy groups -OCH3 is 1. The molecule has 0 aliphatic carbocycles. The topological polar surface area (TPSA) is 81.7 Å². The van der Waals surface area contributed by atoms with Crippen LogP contribution in [0.3, 0.4) is 0 Å². The Morgan fingerprint density at radius 3 is 2.44 bits per heavy atom. The van der Waals surface area contributed by atoms with Crippen LogP contribution >= 0.6 is 15.9 Å². The molecule has 0 saturated heterocycles. The van der Waals surface area contributed by atoms with Crippen LogP contribution in [0.5, 0.6) is 5.75 Å². The number of carbonyl (C=O) groups excluding carboxylic acids is 3. The summed E-state index contributed by atoms with van der Waals surface area (Å²) in [7, 11) is 1.48. The number of hydrogen-bond acceptors (Lipinski definition) is 5. The zero-order valence-electron chi connectivity index (χ0n) is 14.9. The van der Waals surface area contributed by atoms with Gasteiger partial charge in [-0.15, -0.1) is 0 Å². The van der Waals surface area contributed by atoms with E-state index in [0.29, 0.717) is 23.8 Å². The summed E-state index contributed by atoms with van der Waals surface area (Å²) < 4.78 is 11.0. The standard InChI is InChI=1S/C18H24BrNO5/c1-11(2)10-20-18(23)12(3)25-17(22)8-6-15(21)14-9-13(19)5-7-16(14)24-4/h5,7,9,11-12H,6,8,10H2,1-4H3,(H,20,23). The Bertz CT molecular complexity index is 630. The van der Waals surface area contributed by atoms with Gasteiger partial charge in [0, 0.05) is 17.4 Å². The molecule has 25 heavy (non-hydrogen) atoms. The third-order valence-electron chi connectivity index (χ3n) is 3.38. The highest BCUT2D eigenvalue weighted by molar-refractivity contribution is 9.10. The Morgan fingerprint density at radius 2 is 1.84 bits per heavy atom. The average Bonchev–Trinajstić information content (AvgIpc) is 2.57. The van der Waals surface area contributed by atoms with E-state index in [1.165, 1.54) is 14.0 Å². The summed E-state index contributed by atoms with van der Waals surface area (Å²) in [4.78, 5) is 35.9. The van der Waals surface area contributed by atoms with Crippen molar-refractivity contribution in [1.29, 1.82) is 0 Å². The molecule has 1 aromatic carbocycles. The van der Waals surface area contributed by atoms with Crippen LogP contribution in [0.1, 0.15) is 44.0 Å². The van der Waals surface area contributed by atoms with Gasteiger partial charge in [0.05, 0.1) is 19.1 Å². The molecule has 138 valence electrons. The van der Waals surface area contributed by atoms with Gasteiger partial charge in [-0.3, -0.25) is 14.4 Å². The fourth-order valence-corrected chi connectivity index (χ4v) is 2.37. The van der Waals surface area contributed by atoms with Crippen molar-refractivity contribution in [1.82, 2.24) is 5.32 Å². The first-order valence-corrected chi connectivity index (χ1v) is 8.87. The summed E-state index contributed by atoms with van der Waals surface area (Å²) >= 11 is 3.30. The van der Waals surface area contributed by atoms with E-state index < -0.39 is 12.1 Å². The first-order chi connectivity index (χ1) is 11.7. The zero-order chi connectivity index (χ0) is 19.0. The molecule has 0 spiro atoms. The molecule has 6 nitrogen and oxygen atoms in total. The summed E-state index contributed by atoms with van der Waals surface area (Å²) in [6, 6.07) is 5.09. The minimum Gasteiger partial charge on any atom is -0.496 e. The maximum Gasteiger partial charge on any atom is 0.307 e. The number of nitrogens with one attached hydrogen (secondary N) is 1. The summed E-state index contributed by atoms with van der Waals surface area (Å²) in [6.07, 6.45) is -1.01. The van der Waals surface area contributed by atoms with Gasteiger partial charge in [-0.25, -0.2) is 0 Å². The van der Waals surface area contributed by atoms with E-state index in [1.807, 2.05) is 13.8 Å². The van der Waals surface area contributed by atoms with E-state index in [0.717, 1.165) is 4.47 Å². The number of hydrogen-bond donors (Lipinski definition) is 1. The third kappa shape index (κ3) is 7.25. The summed E-state index contributed by atoms with van der Waals surface area (Å²) in [5.41, 5.74) is 0.396. The van der Waals surface area contributed by atoms with Crippen molar-refractivity contribution in [2.75, 3.05) is 13.7 Å². The van der Waals surface area contributed by atoms with Gasteiger partial charge in [0.1, 0.15) is 5.75 Å². The maximum atomic E-state index is 12.3. The molecule has 1 rings (SSSR count). The second-order valence-electron chi connectivity index (χ2n) is 6.04. The normalized spacial score (nSPS) is 11.8. The molecule has 0 heterocycles. The van der Waals surface area contributed by atoms with Gasteiger partial charge >= 0.3 is 5.97 Å². The molecule has 0 fully saturated rings. The van der Waals surface area contributed by atoms with E-state index >= 15 is 0 Å². The number of halogens is 1. The second kappa shape index (κ2) is 10.2. The zero-order valence-corrected chi connectivity index (χ0v) is 16.5. The molecular formula is C18H24BrNO5. The van der Waals surface area contributed by atoms with E-state index in [4.69, 9.17) is 9.47 Å². The van der Waals surface area contributed by atoms with Crippen molar-refractivity contribution >= 4 is 33.6 Å². The fraction of sp³-hybridized carbons (Fsp3) is 0.500. The molecule has 7 heteroatoms. The molecule has 0 aliphatic rings. The number of benzene rings is 1. The molecule has 0 bridgehead atoms. The van der Waals surface area contributed by atoms with E-state index in [9.17, 15) is 14.4 Å². The molecular weight excluding hydrogens is 390 g/mol. The first-order valence-electron chi connectivity index (χ1n) is 8.08. The summed E-state index contributed by atoms with van der Waals surface area (Å²) in [5, 5.41) is 2.69. The van der Waals surface area contributed by atoms with E-state index in [-0.39, 0.29) is 24.5 Å². The largest absolute Gasteiger partial charge is 0.496 e. The molecule has 0 aromatic heterocycles. The number of rotatable bonds is 9. The Morgan fingerprint density at radius 1 is 1.16 bits per heavy atom. The van der Waals surface area contributed by atoms with Crippen molar-refractivity contribution in [2.45, 2.75) is 39.7 Å². The number of esters is 1. The SMILES string of the molecule is COc1ccc(Br)cc1C(=O)CCC(=O)OC(C)C(=O)NCC(C)C. The Kier molecular flexibility index (Phi) is 8.61. The van der Waals surface area contributed by atoms with Crippen molar-refractivity contribution in [2.24, 2.45) is 5.92 Å². The van der Waals surface area contributed by atoms with Crippen LogP contribution in [0.2, 0.25) is 0 Å². The predicted molar refractivity (Wildman–Crippen MR) is 97.7 cm³/mol. The molecule has 1 unspecified atom stereocenters. The minimum absolute atomic E-state index is 0.0218. The lowest BCUT2D eigenvalue weighted by Gasteiger charge is -2.14. The van der Waals surface area contributed by atoms with Crippen LogP contribution in [0, 0.1) is 5.92 Å². The summed E-state index contributed by atoms with van der Waals surface area (Å²) in [5.74, 6) is -0.406. The average molecular weight is 414 g/mol. The molecule has 0 saturated carbocycles. The molecule has 0 aliphatic heterocycles. The number of carbonyl (C=O) groups is 3. The second-order valence-corrected chi connectivity index (χ2v) is 6.95. The van der Waals surface area contributed by atoms with Gasteiger partial charge < -0.3 is 14.8 Å². The van der Waals surface area contributed by atoms with Crippen LogP contribution in [0.4, 0.5) is 0 Å². The number of Topliss-reactive ketones (excluding diaryl/α,β-unsaturated/α-hetero) is 1. The van der Waals surface area contributed by atoms with Gasteiger partial charge in [-0.2, -0.15) is 0 Å². The van der Waals surface area contributed by atoms with Gasteiger partial charge in [0.2, 0.25) is 0 Å². The van der Waals surface area contributed by atoms with Gasteiger partial charge in [0.25, 0.3) is 5.91 Å². The number of ether oxygens (including phenoxy) is 2.